The summed E-state index contributed by atoms with van der Waals surface area (Å²) in [4.78, 5) is 2.73. The Bertz CT molecular complexity index is 1010. The first-order valence-corrected chi connectivity index (χ1v) is 16.2. The third kappa shape index (κ3) is 6.42. The molecule has 7 nitrogen and oxygen atoms in total. The van der Waals surface area contributed by atoms with Gasteiger partial charge in [-0.25, -0.2) is 8.42 Å². The van der Waals surface area contributed by atoms with Crippen LogP contribution in [0.1, 0.15) is 94.4 Å². The molecule has 208 valence electrons. The van der Waals surface area contributed by atoms with E-state index in [9.17, 15) is 8.42 Å². The lowest BCUT2D eigenvalue weighted by molar-refractivity contribution is -0.0609. The van der Waals surface area contributed by atoms with Gasteiger partial charge >= 0.3 is 0 Å². The third-order valence-electron chi connectivity index (χ3n) is 9.23. The summed E-state index contributed by atoms with van der Waals surface area (Å²) in [5.41, 5.74) is 3.70. The van der Waals surface area contributed by atoms with Crippen LogP contribution in [0, 0.1) is 25.7 Å². The van der Waals surface area contributed by atoms with Crippen LogP contribution < -0.4 is 15.4 Å². The van der Waals surface area contributed by atoms with E-state index in [1.54, 1.807) is 0 Å². The molecule has 2 saturated carbocycles. The molecule has 3 N–H and O–H groups in total. The zero-order valence-corrected chi connectivity index (χ0v) is 24.0. The second-order valence-electron chi connectivity index (χ2n) is 12.6. The summed E-state index contributed by atoms with van der Waals surface area (Å²) in [7, 11) is -3.48. The quantitative estimate of drug-likeness (QED) is 0.536. The number of hydrogen-bond acceptors (Lipinski definition) is 6. The Morgan fingerprint density at radius 2 is 1.76 bits per heavy atom. The molecule has 4 bridgehead atoms. The number of aryl methyl sites for hydroxylation is 2. The number of nitrogens with one attached hydrogen (secondary N) is 3. The van der Waals surface area contributed by atoms with E-state index >= 15 is 0 Å². The first-order valence-electron chi connectivity index (χ1n) is 14.7. The van der Waals surface area contributed by atoms with Crippen LogP contribution in [0.25, 0.3) is 0 Å². The van der Waals surface area contributed by atoms with Gasteiger partial charge in [0.25, 0.3) is 0 Å². The molecule has 4 aliphatic rings. The molecule has 6 atom stereocenters. The van der Waals surface area contributed by atoms with Crippen molar-refractivity contribution in [1.29, 1.82) is 0 Å². The van der Waals surface area contributed by atoms with E-state index in [1.807, 2.05) is 0 Å². The van der Waals surface area contributed by atoms with E-state index in [0.717, 1.165) is 45.1 Å². The van der Waals surface area contributed by atoms with Crippen molar-refractivity contribution in [2.75, 3.05) is 13.2 Å². The molecule has 2 heterocycles. The zero-order chi connectivity index (χ0) is 26.2. The largest absolute Gasteiger partial charge is 0.362 e. The number of sulfonamides is 1. The average Bonchev–Trinajstić information content (AvgIpc) is 2.79. The molecule has 2 aliphatic heterocycles. The van der Waals surface area contributed by atoms with Gasteiger partial charge < -0.3 is 4.74 Å². The molecule has 5 unspecified atom stereocenters. The Hall–Kier alpha value is -1.03. The SMILES string of the molecule is Cc1cccc(C)c1C1CC2NC(N1)NS(=O)(=O)C1CCCC(C1)CN(C1CCC1)[C@H](CC(C)C)CO2. The highest BCUT2D eigenvalue weighted by atomic mass is 32.2. The highest BCUT2D eigenvalue weighted by Gasteiger charge is 2.40. The zero-order valence-electron chi connectivity index (χ0n) is 23.2. The molecule has 4 fully saturated rings. The van der Waals surface area contributed by atoms with E-state index in [1.165, 1.54) is 36.0 Å². The number of nitrogens with zero attached hydrogens (tertiary/aromatic N) is 1. The van der Waals surface area contributed by atoms with Crippen molar-refractivity contribution in [3.05, 3.63) is 34.9 Å². The van der Waals surface area contributed by atoms with Crippen LogP contribution in [0.5, 0.6) is 0 Å². The number of fused-ring (bicyclic) bond motifs is 4. The average molecular weight is 533 g/mol. The van der Waals surface area contributed by atoms with Crippen molar-refractivity contribution in [3.8, 4) is 0 Å². The fourth-order valence-corrected chi connectivity index (χ4v) is 8.84. The van der Waals surface area contributed by atoms with Crippen LogP contribution in [0.3, 0.4) is 0 Å². The maximum atomic E-state index is 13.6. The van der Waals surface area contributed by atoms with Gasteiger partial charge in [-0.2, -0.15) is 4.72 Å². The minimum atomic E-state index is -3.48. The van der Waals surface area contributed by atoms with Crippen molar-refractivity contribution < 1.29 is 13.2 Å². The van der Waals surface area contributed by atoms with Crippen LogP contribution in [0.15, 0.2) is 18.2 Å². The lowest BCUT2D eigenvalue weighted by Gasteiger charge is -2.46. The van der Waals surface area contributed by atoms with E-state index in [0.29, 0.717) is 30.5 Å². The summed E-state index contributed by atoms with van der Waals surface area (Å²) < 4.78 is 37.0. The smallest absolute Gasteiger partial charge is 0.216 e. The van der Waals surface area contributed by atoms with Gasteiger partial charge in [0, 0.05) is 31.1 Å². The fraction of sp³-hybridized carbons (Fsp3) is 0.793. The van der Waals surface area contributed by atoms with Gasteiger partial charge in [0.2, 0.25) is 10.0 Å². The van der Waals surface area contributed by atoms with Crippen molar-refractivity contribution in [1.82, 2.24) is 20.3 Å². The molecule has 37 heavy (non-hydrogen) atoms. The number of rotatable bonds is 4. The molecule has 5 rings (SSSR count). The summed E-state index contributed by atoms with van der Waals surface area (Å²) in [6.07, 6.45) is 8.52. The monoisotopic (exact) mass is 532 g/mol. The minimum absolute atomic E-state index is 0.00988. The topological polar surface area (TPSA) is 82.7 Å². The van der Waals surface area contributed by atoms with Crippen molar-refractivity contribution in [3.63, 3.8) is 0 Å². The normalized spacial score (nSPS) is 35.7. The highest BCUT2D eigenvalue weighted by Crippen LogP contribution is 2.35. The van der Waals surface area contributed by atoms with Crippen molar-refractivity contribution >= 4 is 10.0 Å². The summed E-state index contributed by atoms with van der Waals surface area (Å²) in [5, 5.41) is 6.71. The molecule has 0 amide bonds. The van der Waals surface area contributed by atoms with Gasteiger partial charge in [-0.05, 0) is 80.9 Å². The third-order valence-corrected chi connectivity index (χ3v) is 11.1. The maximum absolute atomic E-state index is 13.6. The van der Waals surface area contributed by atoms with Gasteiger partial charge in [0.15, 0.2) is 0 Å². The van der Waals surface area contributed by atoms with E-state index in [-0.39, 0.29) is 17.5 Å². The van der Waals surface area contributed by atoms with Crippen LogP contribution in [-0.2, 0) is 14.8 Å². The number of benzene rings is 1. The Kier molecular flexibility index (Phi) is 8.64. The molecule has 1 aromatic rings. The molecule has 2 saturated heterocycles. The number of ether oxygens (including phenoxy) is 1. The molecule has 2 aliphatic carbocycles. The van der Waals surface area contributed by atoms with Crippen LogP contribution in [-0.4, -0.2) is 56.3 Å². The van der Waals surface area contributed by atoms with Gasteiger partial charge in [0.1, 0.15) is 12.5 Å². The summed E-state index contributed by atoms with van der Waals surface area (Å²) >= 11 is 0. The van der Waals surface area contributed by atoms with E-state index in [2.05, 4.69) is 66.1 Å². The molecule has 8 heteroatoms. The van der Waals surface area contributed by atoms with E-state index in [4.69, 9.17) is 4.74 Å². The van der Waals surface area contributed by atoms with Gasteiger partial charge in [0.05, 0.1) is 11.9 Å². The fourth-order valence-electron chi connectivity index (χ4n) is 7.18. The minimum Gasteiger partial charge on any atom is -0.362 e. The Labute approximate surface area is 224 Å². The Morgan fingerprint density at radius 3 is 2.43 bits per heavy atom. The molecular weight excluding hydrogens is 484 g/mol. The standard InChI is InChI=1S/C29H48N4O3S/c1-19(2)14-24-18-36-27-16-26(28-20(3)8-5-9-21(28)4)30-29(31-27)32-37(34,35)25-13-6-10-22(15-25)17-33(24)23-11-7-12-23/h5,8-9,19,22-27,29-32H,6-7,10-18H2,1-4H3/t22?,24-,25?,26?,27?,29?/m1/s1. The van der Waals surface area contributed by atoms with Crippen molar-refractivity contribution in [2.24, 2.45) is 11.8 Å². The van der Waals surface area contributed by atoms with Crippen molar-refractivity contribution in [2.45, 2.75) is 121 Å². The van der Waals surface area contributed by atoms with E-state index < -0.39 is 16.3 Å². The Morgan fingerprint density at radius 1 is 1.03 bits per heavy atom. The lowest BCUT2D eigenvalue weighted by Crippen LogP contribution is -2.64. The highest BCUT2D eigenvalue weighted by molar-refractivity contribution is 7.90. The lowest BCUT2D eigenvalue weighted by atomic mass is 9.84. The van der Waals surface area contributed by atoms with Gasteiger partial charge in [-0.1, -0.05) is 44.9 Å². The molecule has 0 radical (unpaired) electrons. The predicted octanol–water partition coefficient (Wildman–Crippen LogP) is 4.31. The molecule has 0 spiro atoms. The summed E-state index contributed by atoms with van der Waals surface area (Å²) in [6.45, 7) is 10.6. The van der Waals surface area contributed by atoms with Crippen LogP contribution in [0.4, 0.5) is 0 Å². The second-order valence-corrected chi connectivity index (χ2v) is 14.6. The molecular formula is C29H48N4O3S. The summed E-state index contributed by atoms with van der Waals surface area (Å²) in [5.74, 6) is 1.01. The van der Waals surface area contributed by atoms with Gasteiger partial charge in [-0.3, -0.25) is 15.5 Å². The van der Waals surface area contributed by atoms with Crippen LogP contribution >= 0.6 is 0 Å². The first kappa shape index (κ1) is 27.5. The number of hydrogen-bond donors (Lipinski definition) is 3. The molecule has 0 aromatic heterocycles. The maximum Gasteiger partial charge on any atom is 0.216 e. The van der Waals surface area contributed by atoms with Crippen LogP contribution in [0.2, 0.25) is 0 Å². The predicted molar refractivity (Wildman–Crippen MR) is 148 cm³/mol. The second kappa shape index (κ2) is 11.6. The Balaban J connectivity index is 1.47. The first-order chi connectivity index (χ1) is 17.7. The molecule has 1 aromatic carbocycles. The van der Waals surface area contributed by atoms with Gasteiger partial charge in [-0.15, -0.1) is 0 Å². The summed E-state index contributed by atoms with van der Waals surface area (Å²) in [6, 6.07) is 7.36.